The molecule has 2 aromatic carbocycles. The van der Waals surface area contributed by atoms with E-state index >= 15 is 4.79 Å². The Morgan fingerprint density at radius 3 is 2.47 bits per heavy atom. The van der Waals surface area contributed by atoms with Crippen molar-refractivity contribution in [2.24, 2.45) is 23.7 Å². The lowest BCUT2D eigenvalue weighted by Crippen LogP contribution is -2.59. The number of anilines is 1. The standard InChI is InChI=1S/C36H44N6O4S/c1-6-17-39(22-41-28-16-12-11-15-27(28)37-38-41)35(46)32-36-24(5)20-29(47-36)30(31(36)34(45)42(32)26(21-43)19-23(3)4)33(44)40(18-7-2)25-13-9-8-10-14-25/h6-16,23-24,26,29-32,43H,1-2,17-22H2,3-5H3/t24?,26-,29-,30+,31+,32?,36?/m1/s1. The quantitative estimate of drug-likeness (QED) is 0.272. The minimum atomic E-state index is -0.877. The second kappa shape index (κ2) is 13.3. The summed E-state index contributed by atoms with van der Waals surface area (Å²) in [4.78, 5) is 49.6. The topological polar surface area (TPSA) is 112 Å². The highest BCUT2D eigenvalue weighted by Crippen LogP contribution is 2.69. The lowest BCUT2D eigenvalue weighted by atomic mass is 9.65. The average molecular weight is 657 g/mol. The maximum atomic E-state index is 15.1. The number of carbonyl (C=O) groups excluding carboxylic acids is 3. The average Bonchev–Trinajstić information content (AvgIpc) is 3.79. The maximum absolute atomic E-state index is 15.1. The van der Waals surface area contributed by atoms with Gasteiger partial charge in [-0.3, -0.25) is 14.4 Å². The van der Waals surface area contributed by atoms with Crippen LogP contribution in [0.5, 0.6) is 0 Å². The van der Waals surface area contributed by atoms with Gasteiger partial charge in [0.05, 0.1) is 34.7 Å². The van der Waals surface area contributed by atoms with Gasteiger partial charge in [-0.15, -0.1) is 30.0 Å². The highest BCUT2D eigenvalue weighted by molar-refractivity contribution is 8.02. The van der Waals surface area contributed by atoms with Gasteiger partial charge >= 0.3 is 0 Å². The number of hydrogen-bond donors (Lipinski definition) is 1. The number of fused-ring (bicyclic) bond motifs is 2. The summed E-state index contributed by atoms with van der Waals surface area (Å²) < 4.78 is 0.844. The normalized spacial score (nSPS) is 26.9. The molecule has 1 spiro atoms. The van der Waals surface area contributed by atoms with Gasteiger partial charge in [-0.1, -0.05) is 68.5 Å². The molecule has 4 heterocycles. The van der Waals surface area contributed by atoms with Crippen LogP contribution in [-0.4, -0.2) is 89.4 Å². The van der Waals surface area contributed by atoms with Gasteiger partial charge in [-0.25, -0.2) is 4.68 Å². The third kappa shape index (κ3) is 5.47. The molecule has 3 unspecified atom stereocenters. The van der Waals surface area contributed by atoms with Crippen molar-refractivity contribution < 1.29 is 19.5 Å². The first-order valence-corrected chi connectivity index (χ1v) is 17.3. The molecule has 0 radical (unpaired) electrons. The van der Waals surface area contributed by atoms with Gasteiger partial charge in [-0.2, -0.15) is 0 Å². The third-order valence-electron chi connectivity index (χ3n) is 10.1. The summed E-state index contributed by atoms with van der Waals surface area (Å²) in [6.07, 6.45) is 4.61. The van der Waals surface area contributed by atoms with Gasteiger partial charge in [0.15, 0.2) is 0 Å². The molecule has 248 valence electrons. The Balaban J connectivity index is 1.44. The molecule has 10 nitrogen and oxygen atoms in total. The number of hydrogen-bond acceptors (Lipinski definition) is 7. The Labute approximate surface area is 280 Å². The van der Waals surface area contributed by atoms with Crippen molar-refractivity contribution in [3.8, 4) is 0 Å². The smallest absolute Gasteiger partial charge is 0.248 e. The Bertz CT molecular complexity index is 1660. The van der Waals surface area contributed by atoms with Crippen LogP contribution in [0.3, 0.4) is 0 Å². The van der Waals surface area contributed by atoms with E-state index in [1.807, 2.05) is 68.4 Å². The number of para-hydroxylation sites is 2. The lowest BCUT2D eigenvalue weighted by molar-refractivity contribution is -0.147. The van der Waals surface area contributed by atoms with Crippen molar-refractivity contribution in [3.63, 3.8) is 0 Å². The minimum absolute atomic E-state index is 0.0183. The second-order valence-corrected chi connectivity index (χ2v) is 15.0. The summed E-state index contributed by atoms with van der Waals surface area (Å²) in [5.74, 6) is -1.77. The summed E-state index contributed by atoms with van der Waals surface area (Å²) in [6.45, 7) is 14.4. The molecule has 3 aliphatic rings. The molecule has 11 heteroatoms. The van der Waals surface area contributed by atoms with E-state index in [2.05, 4.69) is 30.4 Å². The van der Waals surface area contributed by atoms with Crippen LogP contribution in [0.2, 0.25) is 0 Å². The Morgan fingerprint density at radius 2 is 1.79 bits per heavy atom. The van der Waals surface area contributed by atoms with Crippen molar-refractivity contribution in [2.75, 3.05) is 24.6 Å². The van der Waals surface area contributed by atoms with Crippen LogP contribution in [0, 0.1) is 23.7 Å². The first-order valence-electron chi connectivity index (χ1n) is 16.4. The minimum Gasteiger partial charge on any atom is -0.394 e. The number of likely N-dealkylation sites (tertiary alicyclic amines) is 1. The molecule has 2 bridgehead atoms. The summed E-state index contributed by atoms with van der Waals surface area (Å²) in [6, 6.07) is 15.6. The molecule has 1 N–H and O–H groups in total. The fourth-order valence-electron chi connectivity index (χ4n) is 8.20. The zero-order valence-corrected chi connectivity index (χ0v) is 28.1. The number of carbonyl (C=O) groups is 3. The predicted molar refractivity (Wildman–Crippen MR) is 184 cm³/mol. The molecule has 0 saturated carbocycles. The molecule has 1 aromatic heterocycles. The number of nitrogens with zero attached hydrogens (tertiary/aromatic N) is 6. The first-order chi connectivity index (χ1) is 22.7. The second-order valence-electron chi connectivity index (χ2n) is 13.4. The zero-order valence-electron chi connectivity index (χ0n) is 27.3. The maximum Gasteiger partial charge on any atom is 0.248 e. The number of thioether (sulfide) groups is 1. The summed E-state index contributed by atoms with van der Waals surface area (Å²) in [7, 11) is 0. The summed E-state index contributed by atoms with van der Waals surface area (Å²) >= 11 is 1.64. The fourth-order valence-corrected chi connectivity index (χ4v) is 10.6. The molecular weight excluding hydrogens is 613 g/mol. The number of amides is 3. The van der Waals surface area contributed by atoms with Crippen molar-refractivity contribution in [3.05, 3.63) is 79.9 Å². The van der Waals surface area contributed by atoms with Crippen LogP contribution in [0.4, 0.5) is 5.69 Å². The highest BCUT2D eigenvalue weighted by Gasteiger charge is 2.77. The van der Waals surface area contributed by atoms with E-state index in [0.717, 1.165) is 16.7 Å². The van der Waals surface area contributed by atoms with E-state index < -0.39 is 28.7 Å². The van der Waals surface area contributed by atoms with E-state index in [1.54, 1.807) is 43.3 Å². The zero-order chi connectivity index (χ0) is 33.5. The fraction of sp³-hybridized carbons (Fsp3) is 0.472. The number of benzene rings is 2. The van der Waals surface area contributed by atoms with Crippen LogP contribution in [-0.2, 0) is 21.1 Å². The Hall–Kier alpha value is -3.96. The van der Waals surface area contributed by atoms with Crippen LogP contribution in [0.1, 0.15) is 33.6 Å². The number of aliphatic hydroxyl groups excluding tert-OH is 1. The SMILES string of the molecule is C=CCN(Cn1nnc2ccccc21)C(=O)C1N([C@@H](CO)CC(C)C)C(=O)[C@@H]2[C@@H](C(=O)N(CC=C)c3ccccc3)[C@H]3CC(C)C12S3. The number of aliphatic hydroxyl groups is 1. The molecule has 3 saturated heterocycles. The molecule has 0 aliphatic carbocycles. The van der Waals surface area contributed by atoms with E-state index in [-0.39, 0.29) is 54.6 Å². The molecule has 3 aliphatic heterocycles. The molecule has 3 aromatic rings. The molecular formula is C36H44N6O4S. The molecule has 3 fully saturated rings. The van der Waals surface area contributed by atoms with Crippen molar-refractivity contribution in [1.29, 1.82) is 0 Å². The summed E-state index contributed by atoms with van der Waals surface area (Å²) in [5.41, 5.74) is 2.25. The first kappa shape index (κ1) is 33.0. The van der Waals surface area contributed by atoms with Crippen molar-refractivity contribution >= 4 is 46.2 Å². The molecule has 47 heavy (non-hydrogen) atoms. The Morgan fingerprint density at radius 1 is 1.09 bits per heavy atom. The van der Waals surface area contributed by atoms with Crippen LogP contribution >= 0.6 is 11.8 Å². The van der Waals surface area contributed by atoms with Crippen LogP contribution in [0.25, 0.3) is 11.0 Å². The van der Waals surface area contributed by atoms with E-state index in [1.165, 1.54) is 0 Å². The van der Waals surface area contributed by atoms with Gasteiger partial charge in [0.2, 0.25) is 17.7 Å². The van der Waals surface area contributed by atoms with Gasteiger partial charge in [-0.05, 0) is 48.9 Å². The molecule has 6 rings (SSSR count). The van der Waals surface area contributed by atoms with E-state index in [9.17, 15) is 14.7 Å². The monoisotopic (exact) mass is 656 g/mol. The largest absolute Gasteiger partial charge is 0.394 e. The van der Waals surface area contributed by atoms with E-state index in [4.69, 9.17) is 0 Å². The third-order valence-corrected chi connectivity index (χ3v) is 12.2. The molecule has 3 amide bonds. The Kier molecular flexibility index (Phi) is 9.31. The summed E-state index contributed by atoms with van der Waals surface area (Å²) in [5, 5.41) is 19.2. The predicted octanol–water partition coefficient (Wildman–Crippen LogP) is 4.37. The van der Waals surface area contributed by atoms with E-state index in [0.29, 0.717) is 19.4 Å². The van der Waals surface area contributed by atoms with Gasteiger partial charge in [0.25, 0.3) is 0 Å². The van der Waals surface area contributed by atoms with Crippen LogP contribution in [0.15, 0.2) is 79.9 Å². The highest BCUT2D eigenvalue weighted by atomic mass is 32.2. The van der Waals surface area contributed by atoms with Crippen LogP contribution < -0.4 is 4.90 Å². The van der Waals surface area contributed by atoms with Gasteiger partial charge in [0.1, 0.15) is 18.2 Å². The van der Waals surface area contributed by atoms with Gasteiger partial charge in [0, 0.05) is 24.0 Å². The number of rotatable bonds is 13. The van der Waals surface area contributed by atoms with Crippen molar-refractivity contribution in [2.45, 2.75) is 62.4 Å². The molecule has 7 atom stereocenters. The number of aromatic nitrogens is 3. The lowest BCUT2D eigenvalue weighted by Gasteiger charge is -2.42. The van der Waals surface area contributed by atoms with Gasteiger partial charge < -0.3 is 19.8 Å². The van der Waals surface area contributed by atoms with Crippen molar-refractivity contribution in [1.82, 2.24) is 24.8 Å².